The molecule has 0 aliphatic carbocycles. The van der Waals surface area contributed by atoms with E-state index in [9.17, 15) is 13.2 Å². The number of sulfonamides is 1. The smallest absolute Gasteiger partial charge is 0.261 e. The molecule has 0 aliphatic rings. The minimum absolute atomic E-state index is 0.0231. The maximum absolute atomic E-state index is 12.3. The van der Waals surface area contributed by atoms with Crippen LogP contribution < -0.4 is 15.2 Å². The lowest BCUT2D eigenvalue weighted by Crippen LogP contribution is -2.20. The Morgan fingerprint density at radius 3 is 2.30 bits per heavy atom. The second kappa shape index (κ2) is 7.08. The topological polar surface area (TPSA) is 98.5 Å². The Hall–Kier alpha value is -1.96. The molecule has 1 amide bonds. The monoisotopic (exact) mass is 374 g/mol. The number of ether oxygens (including phenoxy) is 1. The molecule has 0 spiro atoms. The molecule has 0 heterocycles. The molecule has 2 rings (SSSR count). The van der Waals surface area contributed by atoms with Gasteiger partial charge in [-0.25, -0.2) is 8.42 Å². The summed E-state index contributed by atoms with van der Waals surface area (Å²) < 4.78 is 32.0. The van der Waals surface area contributed by atoms with E-state index in [1.54, 1.807) is 0 Å². The van der Waals surface area contributed by atoms with E-state index >= 15 is 0 Å². The molecular formula is C14H12Cl2N2O4S. The van der Waals surface area contributed by atoms with Gasteiger partial charge in [-0.15, -0.1) is 0 Å². The van der Waals surface area contributed by atoms with E-state index < -0.39 is 15.9 Å². The predicted octanol–water partition coefficient (Wildman–Crippen LogP) is 2.66. The van der Waals surface area contributed by atoms with E-state index in [1.165, 1.54) is 42.5 Å². The quantitative estimate of drug-likeness (QED) is 0.811. The highest BCUT2D eigenvalue weighted by Gasteiger charge is 2.15. The van der Waals surface area contributed by atoms with Gasteiger partial charge in [0.1, 0.15) is 5.75 Å². The number of primary amides is 1. The maximum Gasteiger partial charge on any atom is 0.261 e. The number of hydrogen-bond donors (Lipinski definition) is 2. The first kappa shape index (κ1) is 17.4. The average molecular weight is 375 g/mol. The minimum Gasteiger partial charge on any atom is -0.484 e. The van der Waals surface area contributed by atoms with Crippen LogP contribution in [0.25, 0.3) is 0 Å². The zero-order valence-electron chi connectivity index (χ0n) is 11.6. The van der Waals surface area contributed by atoms with Crippen LogP contribution in [-0.2, 0) is 14.8 Å². The molecule has 122 valence electrons. The zero-order chi connectivity index (χ0) is 17.0. The van der Waals surface area contributed by atoms with Crippen molar-refractivity contribution in [2.75, 3.05) is 11.3 Å². The number of rotatable bonds is 6. The fourth-order valence-corrected chi connectivity index (χ4v) is 2.99. The third kappa shape index (κ3) is 4.75. The molecule has 0 aromatic heterocycles. The summed E-state index contributed by atoms with van der Waals surface area (Å²) in [6.45, 7) is -0.284. The van der Waals surface area contributed by atoms with Gasteiger partial charge in [0.25, 0.3) is 15.9 Å². The summed E-state index contributed by atoms with van der Waals surface area (Å²) in [6, 6.07) is 9.93. The van der Waals surface area contributed by atoms with E-state index in [0.29, 0.717) is 10.8 Å². The van der Waals surface area contributed by atoms with Crippen molar-refractivity contribution in [3.05, 3.63) is 52.5 Å². The van der Waals surface area contributed by atoms with E-state index in [1.807, 2.05) is 0 Å². The number of nitrogens with two attached hydrogens (primary N) is 1. The average Bonchev–Trinajstić information content (AvgIpc) is 2.49. The molecule has 0 aliphatic heterocycles. The van der Waals surface area contributed by atoms with Crippen molar-refractivity contribution in [1.29, 1.82) is 0 Å². The van der Waals surface area contributed by atoms with Crippen molar-refractivity contribution in [3.63, 3.8) is 0 Å². The molecule has 0 saturated carbocycles. The predicted molar refractivity (Wildman–Crippen MR) is 88.4 cm³/mol. The number of hydrogen-bond acceptors (Lipinski definition) is 4. The number of amides is 1. The molecule has 0 bridgehead atoms. The molecule has 0 unspecified atom stereocenters. The van der Waals surface area contributed by atoms with Crippen LogP contribution in [0.15, 0.2) is 47.4 Å². The van der Waals surface area contributed by atoms with E-state index in [2.05, 4.69) is 4.72 Å². The maximum atomic E-state index is 12.3. The highest BCUT2D eigenvalue weighted by molar-refractivity contribution is 7.92. The lowest BCUT2D eigenvalue weighted by atomic mass is 10.3. The number of carbonyl (C=O) groups is 1. The van der Waals surface area contributed by atoms with Crippen LogP contribution >= 0.6 is 23.2 Å². The van der Waals surface area contributed by atoms with Crippen molar-refractivity contribution < 1.29 is 17.9 Å². The largest absolute Gasteiger partial charge is 0.484 e. The third-order valence-corrected chi connectivity index (χ3v) is 4.82. The lowest BCUT2D eigenvalue weighted by molar-refractivity contribution is -0.119. The van der Waals surface area contributed by atoms with Crippen LogP contribution in [0.1, 0.15) is 0 Å². The van der Waals surface area contributed by atoms with Gasteiger partial charge in [0.15, 0.2) is 6.61 Å². The van der Waals surface area contributed by atoms with Crippen LogP contribution in [0.4, 0.5) is 5.69 Å². The Kier molecular flexibility index (Phi) is 5.35. The van der Waals surface area contributed by atoms with Gasteiger partial charge in [0.05, 0.1) is 20.6 Å². The molecule has 0 saturated heterocycles. The van der Waals surface area contributed by atoms with Gasteiger partial charge in [-0.3, -0.25) is 9.52 Å². The Bertz CT molecular complexity index is 823. The van der Waals surface area contributed by atoms with Gasteiger partial charge in [-0.05, 0) is 42.5 Å². The highest BCUT2D eigenvalue weighted by atomic mass is 35.5. The number of anilines is 1. The lowest BCUT2D eigenvalue weighted by Gasteiger charge is -2.10. The molecule has 3 N–H and O–H groups in total. The Morgan fingerprint density at radius 2 is 1.74 bits per heavy atom. The molecule has 6 nitrogen and oxygen atoms in total. The minimum atomic E-state index is -3.79. The molecular weight excluding hydrogens is 363 g/mol. The van der Waals surface area contributed by atoms with Crippen LogP contribution in [0.5, 0.6) is 5.75 Å². The SMILES string of the molecule is NC(=O)COc1ccc(S(=O)(=O)Nc2ccc(Cl)c(Cl)c2)cc1. The standard InChI is InChI=1S/C14H12Cl2N2O4S/c15-12-6-1-9(7-13(12)16)18-23(20,21)11-4-2-10(3-5-11)22-8-14(17)19/h1-7,18H,8H2,(H2,17,19). The highest BCUT2D eigenvalue weighted by Crippen LogP contribution is 2.26. The van der Waals surface area contributed by atoms with Crippen LogP contribution in [0, 0.1) is 0 Å². The number of benzene rings is 2. The molecule has 0 radical (unpaired) electrons. The van der Waals surface area contributed by atoms with Gasteiger partial charge in [-0.2, -0.15) is 0 Å². The summed E-state index contributed by atoms with van der Waals surface area (Å²) in [5.41, 5.74) is 5.24. The fourth-order valence-electron chi connectivity index (χ4n) is 1.64. The summed E-state index contributed by atoms with van der Waals surface area (Å²) >= 11 is 11.6. The van der Waals surface area contributed by atoms with Crippen molar-refractivity contribution in [1.82, 2.24) is 0 Å². The van der Waals surface area contributed by atoms with Gasteiger partial charge in [-0.1, -0.05) is 23.2 Å². The first-order chi connectivity index (χ1) is 10.8. The molecule has 0 atom stereocenters. The summed E-state index contributed by atoms with van der Waals surface area (Å²) in [5.74, 6) is -0.291. The van der Waals surface area contributed by atoms with Crippen molar-refractivity contribution in [2.45, 2.75) is 4.90 Å². The Balaban J connectivity index is 2.15. The second-order valence-corrected chi connectivity index (χ2v) is 6.96. The van der Waals surface area contributed by atoms with Gasteiger partial charge in [0.2, 0.25) is 0 Å². The normalized spacial score (nSPS) is 11.0. The molecule has 0 fully saturated rings. The Labute approximate surface area is 143 Å². The number of carbonyl (C=O) groups excluding carboxylic acids is 1. The summed E-state index contributed by atoms with van der Waals surface area (Å²) in [7, 11) is -3.79. The van der Waals surface area contributed by atoms with Crippen molar-refractivity contribution in [3.8, 4) is 5.75 Å². The van der Waals surface area contributed by atoms with Gasteiger partial charge < -0.3 is 10.5 Å². The van der Waals surface area contributed by atoms with Gasteiger partial charge >= 0.3 is 0 Å². The van der Waals surface area contributed by atoms with E-state index in [-0.39, 0.29) is 22.2 Å². The summed E-state index contributed by atoms with van der Waals surface area (Å²) in [5, 5.41) is 0.563. The number of halogens is 2. The first-order valence-corrected chi connectivity index (χ1v) is 8.51. The third-order valence-electron chi connectivity index (χ3n) is 2.69. The van der Waals surface area contributed by atoms with E-state index in [0.717, 1.165) is 0 Å². The van der Waals surface area contributed by atoms with Crippen LogP contribution in [-0.4, -0.2) is 20.9 Å². The van der Waals surface area contributed by atoms with Crippen LogP contribution in [0.3, 0.4) is 0 Å². The zero-order valence-corrected chi connectivity index (χ0v) is 14.0. The number of nitrogens with one attached hydrogen (secondary N) is 1. The van der Waals surface area contributed by atoms with E-state index in [4.69, 9.17) is 33.7 Å². The van der Waals surface area contributed by atoms with Gasteiger partial charge in [0, 0.05) is 0 Å². The van der Waals surface area contributed by atoms with Crippen molar-refractivity contribution in [2.24, 2.45) is 5.73 Å². The molecule has 2 aromatic rings. The summed E-state index contributed by atoms with van der Waals surface area (Å²) in [4.78, 5) is 10.6. The second-order valence-electron chi connectivity index (χ2n) is 4.46. The molecule has 23 heavy (non-hydrogen) atoms. The Morgan fingerprint density at radius 1 is 1.09 bits per heavy atom. The summed E-state index contributed by atoms with van der Waals surface area (Å²) in [6.07, 6.45) is 0. The van der Waals surface area contributed by atoms with Crippen LogP contribution in [0.2, 0.25) is 10.0 Å². The van der Waals surface area contributed by atoms with Crippen molar-refractivity contribution >= 4 is 44.8 Å². The molecule has 2 aromatic carbocycles. The fraction of sp³-hybridized carbons (Fsp3) is 0.0714. The first-order valence-electron chi connectivity index (χ1n) is 6.27. The molecule has 9 heteroatoms.